The van der Waals surface area contributed by atoms with Crippen molar-refractivity contribution in [2.45, 2.75) is 58.4 Å². The molecule has 4 N–H and O–H groups in total. The molecular weight excluding hydrogens is 403 g/mol. The van der Waals surface area contributed by atoms with Gasteiger partial charge in [-0.3, -0.25) is 23.7 Å². The lowest BCUT2D eigenvalue weighted by molar-refractivity contribution is -0.294. The Balaban J connectivity index is 3.31. The third-order valence-electron chi connectivity index (χ3n) is 3.30. The highest BCUT2D eigenvalue weighted by molar-refractivity contribution is 7.53. The van der Waals surface area contributed by atoms with E-state index in [0.29, 0.717) is 0 Å². The minimum atomic E-state index is -4.20. The molecular formula is C14H23N2O11P. The normalized spacial score (nSPS) is 29.1. The molecule has 0 aromatic heterocycles. The fourth-order valence-electron chi connectivity index (χ4n) is 2.50. The van der Waals surface area contributed by atoms with Crippen LogP contribution in [0.15, 0.2) is 0 Å². The van der Waals surface area contributed by atoms with Gasteiger partial charge in [-0.15, -0.1) is 0 Å². The van der Waals surface area contributed by atoms with Crippen molar-refractivity contribution in [3.63, 3.8) is 0 Å². The average Bonchev–Trinajstić information content (AvgIpc) is 2.48. The fourth-order valence-corrected chi connectivity index (χ4v) is 2.94. The van der Waals surface area contributed by atoms with Gasteiger partial charge in [0.1, 0.15) is 6.10 Å². The molecule has 1 saturated heterocycles. The van der Waals surface area contributed by atoms with E-state index in [2.05, 4.69) is 5.09 Å². The van der Waals surface area contributed by atoms with Crippen LogP contribution in [-0.2, 0) is 47.4 Å². The van der Waals surface area contributed by atoms with E-state index in [4.69, 9.17) is 29.2 Å². The van der Waals surface area contributed by atoms with Gasteiger partial charge in [-0.05, 0) is 0 Å². The van der Waals surface area contributed by atoms with Crippen LogP contribution < -0.4 is 10.6 Å². The van der Waals surface area contributed by atoms with E-state index in [9.17, 15) is 28.6 Å². The van der Waals surface area contributed by atoms with Crippen molar-refractivity contribution in [2.75, 3.05) is 6.54 Å². The number of nitrogens with one attached hydrogen (secondary N) is 1. The van der Waals surface area contributed by atoms with Crippen LogP contribution in [0.1, 0.15) is 27.7 Å². The second-order valence-corrected chi connectivity index (χ2v) is 7.42. The summed E-state index contributed by atoms with van der Waals surface area (Å²) >= 11 is 0. The maximum atomic E-state index is 11.6. The highest BCUT2D eigenvalue weighted by Gasteiger charge is 2.53. The molecule has 14 heteroatoms. The zero-order valence-electron chi connectivity index (χ0n) is 15.6. The van der Waals surface area contributed by atoms with Crippen LogP contribution in [-0.4, -0.2) is 66.0 Å². The van der Waals surface area contributed by atoms with Gasteiger partial charge in [0, 0.05) is 34.2 Å². The lowest BCUT2D eigenvalue weighted by Crippen LogP contribution is -2.63. The molecule has 28 heavy (non-hydrogen) atoms. The van der Waals surface area contributed by atoms with Gasteiger partial charge < -0.3 is 28.6 Å². The summed E-state index contributed by atoms with van der Waals surface area (Å²) in [6.07, 6.45) is -7.10. The molecule has 0 saturated carbocycles. The Kier molecular flexibility index (Phi) is 8.51. The van der Waals surface area contributed by atoms with Crippen LogP contribution in [0.5, 0.6) is 0 Å². The third-order valence-corrected chi connectivity index (χ3v) is 3.93. The van der Waals surface area contributed by atoms with Crippen LogP contribution in [0.25, 0.3) is 0 Å². The van der Waals surface area contributed by atoms with Crippen molar-refractivity contribution >= 4 is 31.5 Å². The molecule has 1 heterocycles. The number of hydrogen-bond donors (Lipinski definition) is 3. The monoisotopic (exact) mass is 426 g/mol. The lowest BCUT2D eigenvalue weighted by Gasteiger charge is -2.43. The quantitative estimate of drug-likeness (QED) is 0.248. The molecule has 1 aliphatic rings. The van der Waals surface area contributed by atoms with Crippen LogP contribution in [0.3, 0.4) is 0 Å². The molecule has 160 valence electrons. The van der Waals surface area contributed by atoms with Crippen molar-refractivity contribution in [1.82, 2.24) is 5.09 Å². The maximum absolute atomic E-state index is 11.6. The molecule has 0 bridgehead atoms. The minimum absolute atomic E-state index is 0.454. The molecule has 0 aliphatic carbocycles. The van der Waals surface area contributed by atoms with Gasteiger partial charge in [-0.1, -0.05) is 0 Å². The molecule has 13 nitrogen and oxygen atoms in total. The Morgan fingerprint density at radius 3 is 1.75 bits per heavy atom. The summed E-state index contributed by atoms with van der Waals surface area (Å²) in [5.74, 6) is -3.25. The molecule has 1 aliphatic heterocycles. The predicted octanol–water partition coefficient (Wildman–Crippen LogP) is -1.28. The average molecular weight is 426 g/mol. The van der Waals surface area contributed by atoms with Crippen molar-refractivity contribution < 1.29 is 52.3 Å². The second kappa shape index (κ2) is 9.94. The highest BCUT2D eigenvalue weighted by atomic mass is 31.2. The predicted molar refractivity (Wildman–Crippen MR) is 89.1 cm³/mol. The minimum Gasteiger partial charge on any atom is -0.456 e. The first-order chi connectivity index (χ1) is 12.8. The number of esters is 4. The first-order valence-corrected chi connectivity index (χ1v) is 9.74. The summed E-state index contributed by atoms with van der Waals surface area (Å²) < 4.78 is 37.1. The van der Waals surface area contributed by atoms with E-state index >= 15 is 0 Å². The highest BCUT2D eigenvalue weighted by Crippen LogP contribution is 2.31. The summed E-state index contributed by atoms with van der Waals surface area (Å²) in [5.41, 5.74) is 5.02. The Morgan fingerprint density at radius 2 is 1.32 bits per heavy atom. The number of rotatable bonds is 7. The molecule has 1 fully saturated rings. The van der Waals surface area contributed by atoms with Gasteiger partial charge in [0.25, 0.3) is 0 Å². The maximum Gasteiger partial charge on any atom is 0.335 e. The van der Waals surface area contributed by atoms with Gasteiger partial charge in [0.2, 0.25) is 12.4 Å². The molecule has 2 unspecified atom stereocenters. The SMILES string of the molecule is CC(=O)OC1O[C@H](CNP(N)(=O)O)[C@@H](OC(C)=O)[C@H](OC(C)=O)[C@@H]1OC(C)=O. The van der Waals surface area contributed by atoms with E-state index in [1.165, 1.54) is 0 Å². The topological polar surface area (TPSA) is 190 Å². The Bertz CT molecular complexity index is 664. The van der Waals surface area contributed by atoms with Gasteiger partial charge >= 0.3 is 31.5 Å². The van der Waals surface area contributed by atoms with Crippen LogP contribution in [0.2, 0.25) is 0 Å². The molecule has 6 atom stereocenters. The van der Waals surface area contributed by atoms with Gasteiger partial charge in [-0.25, -0.2) is 10.6 Å². The summed E-state index contributed by atoms with van der Waals surface area (Å²) in [4.78, 5) is 55.2. The summed E-state index contributed by atoms with van der Waals surface area (Å²) in [7, 11) is -4.20. The molecule has 0 aromatic rings. The van der Waals surface area contributed by atoms with E-state index in [-0.39, 0.29) is 0 Å². The van der Waals surface area contributed by atoms with Crippen molar-refractivity contribution in [3.05, 3.63) is 0 Å². The number of carbonyl (C=O) groups is 4. The zero-order chi connectivity index (χ0) is 21.6. The Hall–Kier alpha value is -2.05. The van der Waals surface area contributed by atoms with E-state index in [1.807, 2.05) is 0 Å². The van der Waals surface area contributed by atoms with Gasteiger partial charge in [-0.2, -0.15) is 0 Å². The van der Waals surface area contributed by atoms with Crippen molar-refractivity contribution in [3.8, 4) is 0 Å². The molecule has 0 aromatic carbocycles. The molecule has 0 amide bonds. The van der Waals surface area contributed by atoms with E-state index < -0.39 is 68.8 Å². The first-order valence-electron chi connectivity index (χ1n) is 8.01. The third kappa shape index (κ3) is 7.90. The second-order valence-electron chi connectivity index (χ2n) is 5.86. The summed E-state index contributed by atoms with van der Waals surface area (Å²) in [6, 6.07) is 0. The Labute approximate surface area is 160 Å². The van der Waals surface area contributed by atoms with Crippen LogP contribution in [0, 0.1) is 0 Å². The summed E-state index contributed by atoms with van der Waals surface area (Å²) in [5, 5.41) is 2.08. The van der Waals surface area contributed by atoms with E-state index in [0.717, 1.165) is 27.7 Å². The smallest absolute Gasteiger partial charge is 0.335 e. The molecule has 1 rings (SSSR count). The Morgan fingerprint density at radius 1 is 0.893 bits per heavy atom. The fraction of sp³-hybridized carbons (Fsp3) is 0.714. The van der Waals surface area contributed by atoms with Gasteiger partial charge in [0.05, 0.1) is 0 Å². The van der Waals surface area contributed by atoms with Crippen LogP contribution >= 0.6 is 7.67 Å². The number of hydrogen-bond acceptors (Lipinski definition) is 10. The number of ether oxygens (including phenoxy) is 5. The number of nitrogens with two attached hydrogens (primary N) is 1. The number of carbonyl (C=O) groups excluding carboxylic acids is 4. The zero-order valence-corrected chi connectivity index (χ0v) is 16.5. The van der Waals surface area contributed by atoms with Gasteiger partial charge in [0.15, 0.2) is 12.2 Å². The first kappa shape index (κ1) is 24.0. The summed E-state index contributed by atoms with van der Waals surface area (Å²) in [6.45, 7) is 3.78. The standard InChI is InChI=1S/C14H23N2O11P/c1-6(17)23-11-10(5-16-28(15,21)22)27-14(26-9(4)20)13(25-8(3)19)12(11)24-7(2)18/h10-14H,5H2,1-4H3,(H4,15,16,21,22)/t10-,11-,12+,13+,14?/m1/s1. The largest absolute Gasteiger partial charge is 0.456 e. The lowest BCUT2D eigenvalue weighted by atomic mass is 9.98. The van der Waals surface area contributed by atoms with Crippen LogP contribution in [0.4, 0.5) is 0 Å². The van der Waals surface area contributed by atoms with Crippen molar-refractivity contribution in [2.24, 2.45) is 5.50 Å². The molecule has 0 radical (unpaired) electrons. The molecule has 0 spiro atoms. The van der Waals surface area contributed by atoms with E-state index in [1.54, 1.807) is 0 Å². The van der Waals surface area contributed by atoms with Crippen molar-refractivity contribution in [1.29, 1.82) is 0 Å².